The van der Waals surface area contributed by atoms with Gasteiger partial charge in [0, 0.05) is 13.0 Å². The summed E-state index contributed by atoms with van der Waals surface area (Å²) in [7, 11) is 2.15. The summed E-state index contributed by atoms with van der Waals surface area (Å²) >= 11 is 0. The summed E-state index contributed by atoms with van der Waals surface area (Å²) < 4.78 is 0. The van der Waals surface area contributed by atoms with Crippen LogP contribution in [0.4, 0.5) is 0 Å². The van der Waals surface area contributed by atoms with Gasteiger partial charge in [-0.15, -0.1) is 0 Å². The lowest BCUT2D eigenvalue weighted by molar-refractivity contribution is -0.121. The molecule has 1 amide bonds. The molecule has 1 N–H and O–H groups in total. The van der Waals surface area contributed by atoms with Gasteiger partial charge in [-0.25, -0.2) is 0 Å². The molecular weight excluding hydrogens is 212 g/mol. The third kappa shape index (κ3) is 10.3. The topological polar surface area (TPSA) is 32.3 Å². The highest BCUT2D eigenvalue weighted by atomic mass is 16.1. The molecule has 1 heterocycles. The maximum absolute atomic E-state index is 11.0. The molecule has 1 aliphatic heterocycles. The number of nitrogens with one attached hydrogen (secondary N) is 1. The van der Waals surface area contributed by atoms with Gasteiger partial charge in [0.15, 0.2) is 0 Å². The third-order valence-corrected chi connectivity index (χ3v) is 2.75. The Bertz CT molecular complexity index is 164. The van der Waals surface area contributed by atoms with Crippen molar-refractivity contribution in [2.24, 2.45) is 5.92 Å². The fraction of sp³-hybridized carbons (Fsp3) is 0.929. The highest BCUT2D eigenvalue weighted by molar-refractivity contribution is 5.75. The second-order valence-electron chi connectivity index (χ2n) is 3.90. The predicted octanol–water partition coefficient (Wildman–Crippen LogP) is 2.91. The molecular formula is C14H32N2O. The number of likely N-dealkylation sites (tertiary alicyclic amines) is 1. The second kappa shape index (κ2) is 13.5. The first-order valence-corrected chi connectivity index (χ1v) is 7.17. The maximum atomic E-state index is 11.0. The molecule has 0 bridgehead atoms. The molecule has 0 saturated carbocycles. The Morgan fingerprint density at radius 1 is 1.18 bits per heavy atom. The maximum Gasteiger partial charge on any atom is 0.219 e. The summed E-state index contributed by atoms with van der Waals surface area (Å²) in [4.78, 5) is 13.3. The van der Waals surface area contributed by atoms with Crippen molar-refractivity contribution in [2.45, 2.75) is 53.9 Å². The molecule has 0 spiro atoms. The number of hydrogen-bond donors (Lipinski definition) is 1. The lowest BCUT2D eigenvalue weighted by atomic mass is 9.97. The molecule has 3 heteroatoms. The third-order valence-electron chi connectivity index (χ3n) is 2.75. The predicted molar refractivity (Wildman–Crippen MR) is 76.2 cm³/mol. The Morgan fingerprint density at radius 3 is 2.06 bits per heavy atom. The van der Waals surface area contributed by atoms with E-state index in [2.05, 4.69) is 17.3 Å². The van der Waals surface area contributed by atoms with Crippen LogP contribution in [0.25, 0.3) is 0 Å². The first-order chi connectivity index (χ1) is 8.22. The number of carbonyl (C=O) groups excluding carboxylic acids is 1. The number of hydrogen-bond acceptors (Lipinski definition) is 2. The van der Waals surface area contributed by atoms with E-state index in [9.17, 15) is 4.79 Å². The minimum absolute atomic E-state index is 0.180. The molecule has 104 valence electrons. The number of carbonyl (C=O) groups is 1. The fourth-order valence-electron chi connectivity index (χ4n) is 1.65. The van der Waals surface area contributed by atoms with Crippen molar-refractivity contribution in [3.63, 3.8) is 0 Å². The number of piperidine rings is 1. The van der Waals surface area contributed by atoms with Crippen molar-refractivity contribution in [3.05, 3.63) is 0 Å². The Labute approximate surface area is 108 Å². The lowest BCUT2D eigenvalue weighted by Gasteiger charge is -2.28. The standard InChI is InChI=1S/C10H20N2O.2C2H6/c1-3-10(13)11-8-9-4-6-12(2)7-5-9;2*1-2/h9H,3-8H2,1-2H3,(H,11,13);2*1-2H3. The quantitative estimate of drug-likeness (QED) is 0.828. The van der Waals surface area contributed by atoms with E-state index in [1.807, 2.05) is 34.6 Å². The van der Waals surface area contributed by atoms with E-state index in [0.29, 0.717) is 12.3 Å². The van der Waals surface area contributed by atoms with E-state index in [1.165, 1.54) is 25.9 Å². The first kappa shape index (κ1) is 18.8. The van der Waals surface area contributed by atoms with Crippen molar-refractivity contribution in [3.8, 4) is 0 Å². The minimum Gasteiger partial charge on any atom is -0.356 e. The molecule has 0 atom stereocenters. The normalized spacial score (nSPS) is 16.1. The van der Waals surface area contributed by atoms with Crippen molar-refractivity contribution in [1.29, 1.82) is 0 Å². The monoisotopic (exact) mass is 244 g/mol. The van der Waals surface area contributed by atoms with Crippen LogP contribution in [0, 0.1) is 5.92 Å². The highest BCUT2D eigenvalue weighted by Gasteiger charge is 2.16. The summed E-state index contributed by atoms with van der Waals surface area (Å²) in [5.74, 6) is 0.880. The molecule has 0 aromatic carbocycles. The summed E-state index contributed by atoms with van der Waals surface area (Å²) in [6.07, 6.45) is 3.05. The van der Waals surface area contributed by atoms with Crippen LogP contribution in [0.1, 0.15) is 53.9 Å². The van der Waals surface area contributed by atoms with Crippen molar-refractivity contribution >= 4 is 5.91 Å². The summed E-state index contributed by atoms with van der Waals surface area (Å²) in [5.41, 5.74) is 0. The van der Waals surface area contributed by atoms with Gasteiger partial charge in [-0.3, -0.25) is 4.79 Å². The van der Waals surface area contributed by atoms with Gasteiger partial charge < -0.3 is 10.2 Å². The number of amides is 1. The van der Waals surface area contributed by atoms with Crippen LogP contribution in [0.3, 0.4) is 0 Å². The summed E-state index contributed by atoms with van der Waals surface area (Å²) in [5, 5.41) is 2.96. The molecule has 1 fully saturated rings. The van der Waals surface area contributed by atoms with Crippen LogP contribution < -0.4 is 5.32 Å². The highest BCUT2D eigenvalue weighted by Crippen LogP contribution is 2.14. The molecule has 0 aromatic heterocycles. The average Bonchev–Trinajstić information content (AvgIpc) is 2.42. The molecule has 1 saturated heterocycles. The number of rotatable bonds is 3. The molecule has 1 rings (SSSR count). The van der Waals surface area contributed by atoms with E-state index in [-0.39, 0.29) is 5.91 Å². The summed E-state index contributed by atoms with van der Waals surface area (Å²) in [6.45, 7) is 13.1. The van der Waals surface area contributed by atoms with Gasteiger partial charge in [0.05, 0.1) is 0 Å². The first-order valence-electron chi connectivity index (χ1n) is 7.17. The van der Waals surface area contributed by atoms with Crippen LogP contribution in [-0.2, 0) is 4.79 Å². The van der Waals surface area contributed by atoms with Gasteiger partial charge in [0.25, 0.3) is 0 Å². The molecule has 1 aliphatic rings. The Morgan fingerprint density at radius 2 is 1.65 bits per heavy atom. The molecule has 0 radical (unpaired) electrons. The van der Waals surface area contributed by atoms with Crippen molar-refractivity contribution < 1.29 is 4.79 Å². The van der Waals surface area contributed by atoms with Crippen LogP contribution in [-0.4, -0.2) is 37.5 Å². The van der Waals surface area contributed by atoms with E-state index < -0.39 is 0 Å². The van der Waals surface area contributed by atoms with Gasteiger partial charge in [-0.1, -0.05) is 34.6 Å². The Balaban J connectivity index is 0. The molecule has 3 nitrogen and oxygen atoms in total. The zero-order valence-electron chi connectivity index (χ0n) is 12.7. The van der Waals surface area contributed by atoms with Crippen LogP contribution in [0.15, 0.2) is 0 Å². The van der Waals surface area contributed by atoms with E-state index in [4.69, 9.17) is 0 Å². The molecule has 0 unspecified atom stereocenters. The van der Waals surface area contributed by atoms with Crippen LogP contribution in [0.2, 0.25) is 0 Å². The van der Waals surface area contributed by atoms with Gasteiger partial charge in [0.2, 0.25) is 5.91 Å². The van der Waals surface area contributed by atoms with E-state index in [1.54, 1.807) is 0 Å². The smallest absolute Gasteiger partial charge is 0.219 e. The van der Waals surface area contributed by atoms with E-state index >= 15 is 0 Å². The van der Waals surface area contributed by atoms with Crippen LogP contribution in [0.5, 0.6) is 0 Å². The van der Waals surface area contributed by atoms with Gasteiger partial charge in [0.1, 0.15) is 0 Å². The van der Waals surface area contributed by atoms with Crippen molar-refractivity contribution in [1.82, 2.24) is 10.2 Å². The fourth-order valence-corrected chi connectivity index (χ4v) is 1.65. The zero-order chi connectivity index (χ0) is 13.7. The van der Waals surface area contributed by atoms with Crippen molar-refractivity contribution in [2.75, 3.05) is 26.7 Å². The SMILES string of the molecule is CC.CC.CCC(=O)NCC1CCN(C)CC1. The molecule has 0 aromatic rings. The van der Waals surface area contributed by atoms with E-state index in [0.717, 1.165) is 6.54 Å². The van der Waals surface area contributed by atoms with Gasteiger partial charge in [-0.05, 0) is 38.9 Å². The largest absolute Gasteiger partial charge is 0.356 e. The Hall–Kier alpha value is -0.570. The van der Waals surface area contributed by atoms with Crippen LogP contribution >= 0.6 is 0 Å². The molecule has 0 aliphatic carbocycles. The Kier molecular flexibility index (Phi) is 14.9. The molecule has 17 heavy (non-hydrogen) atoms. The lowest BCUT2D eigenvalue weighted by Crippen LogP contribution is -2.36. The number of nitrogens with zero attached hydrogens (tertiary/aromatic N) is 1. The summed E-state index contributed by atoms with van der Waals surface area (Å²) in [6, 6.07) is 0. The zero-order valence-corrected chi connectivity index (χ0v) is 12.7. The van der Waals surface area contributed by atoms with Gasteiger partial charge >= 0.3 is 0 Å². The van der Waals surface area contributed by atoms with Gasteiger partial charge in [-0.2, -0.15) is 0 Å². The second-order valence-corrected chi connectivity index (χ2v) is 3.90. The minimum atomic E-state index is 0.180. The average molecular weight is 244 g/mol.